The molecule has 3 N–H and O–H groups in total. The Hall–Kier alpha value is -1.18. The summed E-state index contributed by atoms with van der Waals surface area (Å²) in [4.78, 5) is 0. The zero-order valence-electron chi connectivity index (χ0n) is 11.4. The van der Waals surface area contributed by atoms with Crippen molar-refractivity contribution < 1.29 is 0 Å². The van der Waals surface area contributed by atoms with Crippen LogP contribution in [0.15, 0.2) is 18.2 Å². The van der Waals surface area contributed by atoms with Crippen LogP contribution >= 0.6 is 0 Å². The normalized spacial score (nSPS) is 31.6. The number of nitrogens with one attached hydrogen (secondary N) is 1. The highest BCUT2D eigenvalue weighted by molar-refractivity contribution is 5.58. The molecule has 2 nitrogen and oxygen atoms in total. The molecular weight excluding hydrogens is 220 g/mol. The van der Waals surface area contributed by atoms with E-state index in [9.17, 15) is 0 Å². The van der Waals surface area contributed by atoms with Gasteiger partial charge in [-0.15, -0.1) is 0 Å². The quantitative estimate of drug-likeness (QED) is 0.793. The zero-order valence-corrected chi connectivity index (χ0v) is 11.4. The minimum absolute atomic E-state index is 0.572. The monoisotopic (exact) mass is 244 g/mol. The molecule has 0 heterocycles. The van der Waals surface area contributed by atoms with Crippen molar-refractivity contribution in [1.29, 1.82) is 0 Å². The SMILES string of the molecule is Cc1ccc(NC(C)C2CC3CCC2C3)cc1N. The van der Waals surface area contributed by atoms with E-state index in [1.165, 1.54) is 31.4 Å². The first-order valence-corrected chi connectivity index (χ1v) is 7.26. The maximum absolute atomic E-state index is 5.97. The van der Waals surface area contributed by atoms with Crippen LogP contribution in [0.4, 0.5) is 11.4 Å². The molecule has 1 aromatic carbocycles. The second-order valence-corrected chi connectivity index (χ2v) is 6.34. The van der Waals surface area contributed by atoms with Gasteiger partial charge in [0, 0.05) is 17.4 Å². The number of nitrogen functional groups attached to an aromatic ring is 1. The first-order valence-electron chi connectivity index (χ1n) is 7.26. The summed E-state index contributed by atoms with van der Waals surface area (Å²) in [5, 5.41) is 3.66. The van der Waals surface area contributed by atoms with Crippen molar-refractivity contribution >= 4 is 11.4 Å². The van der Waals surface area contributed by atoms with Gasteiger partial charge in [-0.1, -0.05) is 12.5 Å². The molecule has 0 aromatic heterocycles. The van der Waals surface area contributed by atoms with E-state index < -0.39 is 0 Å². The molecule has 18 heavy (non-hydrogen) atoms. The van der Waals surface area contributed by atoms with Crippen LogP contribution in [0.3, 0.4) is 0 Å². The van der Waals surface area contributed by atoms with E-state index in [2.05, 4.69) is 37.4 Å². The molecule has 2 fully saturated rings. The third kappa shape index (κ3) is 2.09. The third-order valence-corrected chi connectivity index (χ3v) is 5.11. The lowest BCUT2D eigenvalue weighted by Gasteiger charge is -2.29. The average Bonchev–Trinajstić information content (AvgIpc) is 2.96. The minimum Gasteiger partial charge on any atom is -0.398 e. The lowest BCUT2D eigenvalue weighted by Crippen LogP contribution is -2.29. The first-order chi connectivity index (χ1) is 8.63. The van der Waals surface area contributed by atoms with Crippen LogP contribution in [-0.2, 0) is 0 Å². The van der Waals surface area contributed by atoms with E-state index >= 15 is 0 Å². The Morgan fingerprint density at radius 1 is 1.28 bits per heavy atom. The Balaban J connectivity index is 1.67. The van der Waals surface area contributed by atoms with Crippen molar-refractivity contribution in [2.24, 2.45) is 17.8 Å². The minimum atomic E-state index is 0.572. The molecule has 0 aliphatic heterocycles. The molecule has 0 spiro atoms. The van der Waals surface area contributed by atoms with Crippen LogP contribution in [0.5, 0.6) is 0 Å². The first kappa shape index (κ1) is 11.9. The summed E-state index contributed by atoms with van der Waals surface area (Å²) in [5.41, 5.74) is 9.19. The molecule has 1 aromatic rings. The Morgan fingerprint density at radius 2 is 2.11 bits per heavy atom. The highest BCUT2D eigenvalue weighted by atomic mass is 14.9. The van der Waals surface area contributed by atoms with Crippen molar-refractivity contribution in [3.05, 3.63) is 23.8 Å². The smallest absolute Gasteiger partial charge is 0.0364 e. The van der Waals surface area contributed by atoms with Crippen molar-refractivity contribution in [3.63, 3.8) is 0 Å². The van der Waals surface area contributed by atoms with E-state index in [1.54, 1.807) is 0 Å². The largest absolute Gasteiger partial charge is 0.398 e. The number of rotatable bonds is 3. The number of nitrogens with two attached hydrogens (primary N) is 1. The third-order valence-electron chi connectivity index (χ3n) is 5.11. The van der Waals surface area contributed by atoms with Crippen LogP contribution < -0.4 is 11.1 Å². The molecule has 98 valence electrons. The van der Waals surface area contributed by atoms with Crippen LogP contribution in [0.2, 0.25) is 0 Å². The van der Waals surface area contributed by atoms with Crippen LogP contribution in [0.25, 0.3) is 0 Å². The van der Waals surface area contributed by atoms with Gasteiger partial charge in [-0.3, -0.25) is 0 Å². The number of fused-ring (bicyclic) bond motifs is 2. The molecular formula is C16H24N2. The van der Waals surface area contributed by atoms with E-state index in [1.807, 2.05) is 0 Å². The van der Waals surface area contributed by atoms with Crippen LogP contribution in [-0.4, -0.2) is 6.04 Å². The summed E-state index contributed by atoms with van der Waals surface area (Å²) in [6, 6.07) is 6.89. The van der Waals surface area contributed by atoms with Gasteiger partial charge < -0.3 is 11.1 Å². The zero-order chi connectivity index (χ0) is 12.7. The summed E-state index contributed by atoms with van der Waals surface area (Å²) in [6.45, 7) is 4.39. The van der Waals surface area contributed by atoms with E-state index in [0.717, 1.165) is 29.0 Å². The lowest BCUT2D eigenvalue weighted by molar-refractivity contribution is 0.304. The molecule has 3 rings (SSSR count). The molecule has 2 bridgehead atoms. The second-order valence-electron chi connectivity index (χ2n) is 6.34. The summed E-state index contributed by atoms with van der Waals surface area (Å²) >= 11 is 0. The van der Waals surface area contributed by atoms with Gasteiger partial charge in [-0.2, -0.15) is 0 Å². The molecule has 0 amide bonds. The van der Waals surface area contributed by atoms with Crippen molar-refractivity contribution in [2.75, 3.05) is 11.1 Å². The molecule has 4 unspecified atom stereocenters. The number of aryl methyl sites for hydroxylation is 1. The number of hydrogen-bond donors (Lipinski definition) is 2. The highest BCUT2D eigenvalue weighted by Crippen LogP contribution is 2.49. The maximum atomic E-state index is 5.97. The predicted molar refractivity (Wildman–Crippen MR) is 77.6 cm³/mol. The standard InChI is InChI=1S/C16H24N2/c1-10-3-6-14(9-16(10)17)18-11(2)15-8-12-4-5-13(15)7-12/h3,6,9,11-13,15,18H,4-5,7-8,17H2,1-2H3. The van der Waals surface area contributed by atoms with Gasteiger partial charge in [0.25, 0.3) is 0 Å². The molecule has 2 aliphatic carbocycles. The van der Waals surface area contributed by atoms with Gasteiger partial charge in [0.2, 0.25) is 0 Å². The number of hydrogen-bond acceptors (Lipinski definition) is 2. The molecule has 2 saturated carbocycles. The van der Waals surface area contributed by atoms with Gasteiger partial charge in [0.15, 0.2) is 0 Å². The second kappa shape index (κ2) is 4.49. The Bertz CT molecular complexity index is 441. The van der Waals surface area contributed by atoms with E-state index in [4.69, 9.17) is 5.73 Å². The molecule has 0 radical (unpaired) electrons. The highest BCUT2D eigenvalue weighted by Gasteiger charge is 2.41. The summed E-state index contributed by atoms with van der Waals surface area (Å²) in [6.07, 6.45) is 5.84. The van der Waals surface area contributed by atoms with Gasteiger partial charge >= 0.3 is 0 Å². The van der Waals surface area contributed by atoms with Gasteiger partial charge in [-0.05, 0) is 68.6 Å². The van der Waals surface area contributed by atoms with E-state index in [-0.39, 0.29) is 0 Å². The predicted octanol–water partition coefficient (Wildman–Crippen LogP) is 3.81. The van der Waals surface area contributed by atoms with Crippen LogP contribution in [0.1, 0.15) is 38.2 Å². The molecule has 0 saturated heterocycles. The van der Waals surface area contributed by atoms with Gasteiger partial charge in [0.05, 0.1) is 0 Å². The summed E-state index contributed by atoms with van der Waals surface area (Å²) in [7, 11) is 0. The summed E-state index contributed by atoms with van der Waals surface area (Å²) in [5.74, 6) is 2.86. The molecule has 2 heteroatoms. The van der Waals surface area contributed by atoms with E-state index in [0.29, 0.717) is 6.04 Å². The Labute approximate surface area is 110 Å². The Kier molecular flexibility index (Phi) is 2.96. The molecule has 2 aliphatic rings. The topological polar surface area (TPSA) is 38.0 Å². The van der Waals surface area contributed by atoms with Crippen molar-refractivity contribution in [3.8, 4) is 0 Å². The van der Waals surface area contributed by atoms with Crippen molar-refractivity contribution in [2.45, 2.75) is 45.6 Å². The summed E-state index contributed by atoms with van der Waals surface area (Å²) < 4.78 is 0. The van der Waals surface area contributed by atoms with Gasteiger partial charge in [0.1, 0.15) is 0 Å². The number of anilines is 2. The lowest BCUT2D eigenvalue weighted by atomic mass is 9.84. The average molecular weight is 244 g/mol. The van der Waals surface area contributed by atoms with Crippen molar-refractivity contribution in [1.82, 2.24) is 0 Å². The maximum Gasteiger partial charge on any atom is 0.0364 e. The number of benzene rings is 1. The Morgan fingerprint density at radius 3 is 2.72 bits per heavy atom. The van der Waals surface area contributed by atoms with Crippen LogP contribution in [0, 0.1) is 24.7 Å². The van der Waals surface area contributed by atoms with Gasteiger partial charge in [-0.25, -0.2) is 0 Å². The fraction of sp³-hybridized carbons (Fsp3) is 0.625. The fourth-order valence-electron chi connectivity index (χ4n) is 4.01. The molecule has 4 atom stereocenters. The fourth-order valence-corrected chi connectivity index (χ4v) is 4.01.